The molecule has 0 spiro atoms. The molecule has 35 heavy (non-hydrogen) atoms. The molecule has 3 aromatic carbocycles. The second-order valence-corrected chi connectivity index (χ2v) is 10.2. The predicted octanol–water partition coefficient (Wildman–Crippen LogP) is 6.82. The van der Waals surface area contributed by atoms with Crippen LogP contribution in [0.15, 0.2) is 84.9 Å². The van der Waals surface area contributed by atoms with E-state index < -0.39 is 13.3 Å². The molecule has 0 aromatic heterocycles. The molecule has 1 unspecified atom stereocenters. The number of hydroxylamine groups is 1. The Hall–Kier alpha value is -2.31. The molecule has 0 radical (unpaired) electrons. The van der Waals surface area contributed by atoms with E-state index >= 15 is 0 Å². The van der Waals surface area contributed by atoms with Gasteiger partial charge in [-0.1, -0.05) is 84.9 Å². The number of hydrogen-bond acceptors (Lipinski definition) is 6. The van der Waals surface area contributed by atoms with E-state index in [0.717, 1.165) is 22.3 Å². The molecule has 7 heteroatoms. The minimum Gasteiger partial charge on any atom is -0.372 e. The van der Waals surface area contributed by atoms with Crippen molar-refractivity contribution in [2.45, 2.75) is 45.7 Å². The van der Waals surface area contributed by atoms with Gasteiger partial charge in [0.15, 0.2) is 0 Å². The molecular weight excluding hydrogens is 461 g/mol. The van der Waals surface area contributed by atoms with E-state index in [-0.39, 0.29) is 0 Å². The Bertz CT molecular complexity index is 1020. The number of ether oxygens (including phenoxy) is 1. The molecular formula is C28H36NO5P. The highest BCUT2D eigenvalue weighted by Gasteiger charge is 2.37. The van der Waals surface area contributed by atoms with Gasteiger partial charge in [-0.05, 0) is 42.5 Å². The molecule has 6 nitrogen and oxygen atoms in total. The Balaban J connectivity index is 1.70. The smallest absolute Gasteiger partial charge is 0.338 e. The standard InChI is InChI=1S/C28H36NO5P/c1-3-33-35(30,34-4-2)28(19-20-29-32-22-25-15-9-6-10-16-25)27-18-12-11-17-26(27)23-31-21-24-13-7-5-8-14-24/h5-18,28-29H,3-4,19-23H2,1-2H3. The zero-order chi connectivity index (χ0) is 24.8. The van der Waals surface area contributed by atoms with Crippen LogP contribution in [0.4, 0.5) is 0 Å². The van der Waals surface area contributed by atoms with Crippen LogP contribution in [0.5, 0.6) is 0 Å². The van der Waals surface area contributed by atoms with Crippen molar-refractivity contribution in [3.8, 4) is 0 Å². The maximum Gasteiger partial charge on any atom is 0.338 e. The van der Waals surface area contributed by atoms with Crippen LogP contribution in [0, 0.1) is 0 Å². The summed E-state index contributed by atoms with van der Waals surface area (Å²) in [6, 6.07) is 27.9. The lowest BCUT2D eigenvalue weighted by Crippen LogP contribution is -2.20. The van der Waals surface area contributed by atoms with Crippen molar-refractivity contribution in [1.29, 1.82) is 0 Å². The van der Waals surface area contributed by atoms with E-state index in [2.05, 4.69) is 5.48 Å². The fourth-order valence-electron chi connectivity index (χ4n) is 3.88. The van der Waals surface area contributed by atoms with Gasteiger partial charge >= 0.3 is 7.60 Å². The average Bonchev–Trinajstić information content (AvgIpc) is 2.88. The van der Waals surface area contributed by atoms with E-state index in [9.17, 15) is 4.57 Å². The summed E-state index contributed by atoms with van der Waals surface area (Å²) in [6.45, 7) is 6.11. The Morgan fingerprint density at radius 3 is 1.94 bits per heavy atom. The number of nitrogens with one attached hydrogen (secondary N) is 1. The zero-order valence-corrected chi connectivity index (χ0v) is 21.5. The highest BCUT2D eigenvalue weighted by atomic mass is 31.2. The lowest BCUT2D eigenvalue weighted by atomic mass is 10.0. The van der Waals surface area contributed by atoms with Gasteiger partial charge in [-0.25, -0.2) is 5.48 Å². The SMILES string of the molecule is CCOP(=O)(OCC)C(CCNOCc1ccccc1)c1ccccc1COCc1ccccc1. The molecule has 0 heterocycles. The summed E-state index contributed by atoms with van der Waals surface area (Å²) in [5.74, 6) is 0. The molecule has 1 atom stereocenters. The summed E-state index contributed by atoms with van der Waals surface area (Å²) in [7, 11) is -3.43. The van der Waals surface area contributed by atoms with E-state index in [1.165, 1.54) is 0 Å². The second kappa shape index (κ2) is 14.9. The van der Waals surface area contributed by atoms with E-state index in [0.29, 0.717) is 46.0 Å². The van der Waals surface area contributed by atoms with Gasteiger partial charge < -0.3 is 13.8 Å². The van der Waals surface area contributed by atoms with Crippen LogP contribution in [0.25, 0.3) is 0 Å². The fourth-order valence-corrected chi connectivity index (χ4v) is 6.07. The maximum absolute atomic E-state index is 13.9. The van der Waals surface area contributed by atoms with Crippen molar-refractivity contribution in [3.63, 3.8) is 0 Å². The first-order chi connectivity index (χ1) is 17.2. The van der Waals surface area contributed by atoms with Gasteiger partial charge in [-0.2, -0.15) is 0 Å². The van der Waals surface area contributed by atoms with E-state index in [1.54, 1.807) is 0 Å². The van der Waals surface area contributed by atoms with E-state index in [1.807, 2.05) is 98.8 Å². The van der Waals surface area contributed by atoms with Gasteiger partial charge in [0.2, 0.25) is 0 Å². The Morgan fingerprint density at radius 2 is 1.31 bits per heavy atom. The summed E-state index contributed by atoms with van der Waals surface area (Å²) in [4.78, 5) is 5.64. The summed E-state index contributed by atoms with van der Waals surface area (Å²) in [5, 5.41) is 0. The normalized spacial score (nSPS) is 12.5. The minimum absolute atomic E-state index is 0.304. The van der Waals surface area contributed by atoms with Crippen molar-refractivity contribution >= 4 is 7.60 Å². The van der Waals surface area contributed by atoms with Crippen molar-refractivity contribution < 1.29 is 23.2 Å². The molecule has 0 saturated heterocycles. The summed E-state index contributed by atoms with van der Waals surface area (Å²) in [5.41, 5.74) is 6.63. The third-order valence-corrected chi connectivity index (χ3v) is 8.02. The van der Waals surface area contributed by atoms with Gasteiger partial charge in [-0.15, -0.1) is 0 Å². The van der Waals surface area contributed by atoms with Crippen LogP contribution in [0.3, 0.4) is 0 Å². The maximum atomic E-state index is 13.9. The average molecular weight is 498 g/mol. The monoisotopic (exact) mass is 497 g/mol. The molecule has 0 fully saturated rings. The summed E-state index contributed by atoms with van der Waals surface area (Å²) < 4.78 is 31.4. The summed E-state index contributed by atoms with van der Waals surface area (Å²) in [6.07, 6.45) is 0.516. The molecule has 0 aliphatic rings. The zero-order valence-electron chi connectivity index (χ0n) is 20.6. The van der Waals surface area contributed by atoms with E-state index in [4.69, 9.17) is 18.6 Å². The van der Waals surface area contributed by atoms with Crippen LogP contribution in [0.2, 0.25) is 0 Å². The van der Waals surface area contributed by atoms with Crippen molar-refractivity contribution in [3.05, 3.63) is 107 Å². The van der Waals surface area contributed by atoms with Crippen LogP contribution >= 0.6 is 7.60 Å². The van der Waals surface area contributed by atoms with Gasteiger partial charge in [-0.3, -0.25) is 9.40 Å². The van der Waals surface area contributed by atoms with Crippen LogP contribution in [-0.4, -0.2) is 19.8 Å². The Morgan fingerprint density at radius 1 is 0.743 bits per heavy atom. The predicted molar refractivity (Wildman–Crippen MR) is 139 cm³/mol. The van der Waals surface area contributed by atoms with Gasteiger partial charge in [0, 0.05) is 6.54 Å². The Kier molecular flexibility index (Phi) is 11.6. The van der Waals surface area contributed by atoms with Crippen molar-refractivity contribution in [2.24, 2.45) is 0 Å². The molecule has 0 saturated carbocycles. The molecule has 3 rings (SSSR count). The first kappa shape index (κ1) is 27.3. The highest BCUT2D eigenvalue weighted by molar-refractivity contribution is 7.54. The lowest BCUT2D eigenvalue weighted by molar-refractivity contribution is 0.0270. The molecule has 0 amide bonds. The topological polar surface area (TPSA) is 66.0 Å². The number of rotatable bonds is 16. The Labute approximate surface area is 209 Å². The minimum atomic E-state index is -3.43. The molecule has 0 aliphatic heterocycles. The first-order valence-electron chi connectivity index (χ1n) is 12.1. The second-order valence-electron chi connectivity index (χ2n) is 8.03. The highest BCUT2D eigenvalue weighted by Crippen LogP contribution is 2.62. The van der Waals surface area contributed by atoms with Crippen LogP contribution in [-0.2, 0) is 43.0 Å². The molecule has 0 aliphatic carbocycles. The van der Waals surface area contributed by atoms with Gasteiger partial charge in [0.05, 0.1) is 38.7 Å². The molecule has 0 bridgehead atoms. The molecule has 3 aromatic rings. The van der Waals surface area contributed by atoms with Gasteiger partial charge in [0.1, 0.15) is 0 Å². The lowest BCUT2D eigenvalue weighted by Gasteiger charge is -2.28. The number of benzene rings is 3. The summed E-state index contributed by atoms with van der Waals surface area (Å²) >= 11 is 0. The fraction of sp³-hybridized carbons (Fsp3) is 0.357. The largest absolute Gasteiger partial charge is 0.372 e. The molecule has 188 valence electrons. The van der Waals surface area contributed by atoms with Crippen molar-refractivity contribution in [2.75, 3.05) is 19.8 Å². The first-order valence-corrected chi connectivity index (χ1v) is 13.7. The van der Waals surface area contributed by atoms with Gasteiger partial charge in [0.25, 0.3) is 0 Å². The van der Waals surface area contributed by atoms with Crippen molar-refractivity contribution in [1.82, 2.24) is 5.48 Å². The molecule has 1 N–H and O–H groups in total. The van der Waals surface area contributed by atoms with Crippen LogP contribution in [0.1, 0.15) is 48.2 Å². The number of hydrogen-bond donors (Lipinski definition) is 1. The van der Waals surface area contributed by atoms with Crippen LogP contribution < -0.4 is 5.48 Å². The third-order valence-electron chi connectivity index (χ3n) is 5.49. The third kappa shape index (κ3) is 8.69. The quantitative estimate of drug-likeness (QED) is 0.133.